The normalized spacial score (nSPS) is 20.0. The highest BCUT2D eigenvalue weighted by atomic mass is 16.5. The van der Waals surface area contributed by atoms with Crippen LogP contribution in [0.4, 0.5) is 11.4 Å². The van der Waals surface area contributed by atoms with E-state index in [9.17, 15) is 9.59 Å². The fourth-order valence-electron chi connectivity index (χ4n) is 4.42. The number of pyridine rings is 1. The lowest BCUT2D eigenvalue weighted by atomic mass is 10.1. The largest absolute Gasteiger partial charge is 0.464 e. The van der Waals surface area contributed by atoms with Gasteiger partial charge in [-0.3, -0.25) is 4.79 Å². The van der Waals surface area contributed by atoms with Gasteiger partial charge in [-0.25, -0.2) is 9.78 Å². The highest BCUT2D eigenvalue weighted by molar-refractivity contribution is 6.11. The van der Waals surface area contributed by atoms with Crippen molar-refractivity contribution in [3.63, 3.8) is 0 Å². The van der Waals surface area contributed by atoms with Crippen LogP contribution in [0, 0.1) is 5.92 Å². The van der Waals surface area contributed by atoms with Gasteiger partial charge in [0.25, 0.3) is 0 Å². The van der Waals surface area contributed by atoms with E-state index in [4.69, 9.17) is 19.2 Å². The molecule has 2 aromatic rings. The van der Waals surface area contributed by atoms with Gasteiger partial charge in [-0.05, 0) is 38.2 Å². The molecule has 33 heavy (non-hydrogen) atoms. The summed E-state index contributed by atoms with van der Waals surface area (Å²) in [6.07, 6.45) is 6.21. The van der Waals surface area contributed by atoms with Crippen LogP contribution < -0.4 is 10.6 Å². The van der Waals surface area contributed by atoms with Crippen molar-refractivity contribution in [3.05, 3.63) is 18.0 Å². The summed E-state index contributed by atoms with van der Waals surface area (Å²) in [6, 6.07) is 2.26. The molecule has 0 saturated carbocycles. The van der Waals surface area contributed by atoms with Gasteiger partial charge in [0.05, 0.1) is 37.3 Å². The predicted octanol–water partition coefficient (Wildman–Crippen LogP) is 3.58. The smallest absolute Gasteiger partial charge is 0.356 e. The van der Waals surface area contributed by atoms with Crippen LogP contribution in [0.25, 0.3) is 11.0 Å². The summed E-state index contributed by atoms with van der Waals surface area (Å²) in [5, 5.41) is 7.24. The number of nitrogens with zero attached hydrogens (tertiary/aromatic N) is 2. The van der Waals surface area contributed by atoms with Gasteiger partial charge in [0.2, 0.25) is 5.91 Å². The number of fused-ring (bicyclic) bond motifs is 1. The summed E-state index contributed by atoms with van der Waals surface area (Å²) in [5.41, 5.74) is 2.22. The first kappa shape index (κ1) is 23.5. The third-order valence-electron chi connectivity index (χ3n) is 6.59. The molecule has 2 aromatic heterocycles. The molecule has 2 atom stereocenters. The molecule has 0 aromatic carbocycles. The number of amides is 1. The third-order valence-corrected chi connectivity index (χ3v) is 6.59. The minimum absolute atomic E-state index is 0.0102. The summed E-state index contributed by atoms with van der Waals surface area (Å²) in [6.45, 7) is 6.47. The average molecular weight is 459 g/mol. The Morgan fingerprint density at radius 1 is 1.27 bits per heavy atom. The summed E-state index contributed by atoms with van der Waals surface area (Å²) in [7, 11) is 1.35. The number of aromatic nitrogens is 2. The Kier molecular flexibility index (Phi) is 7.49. The fraction of sp³-hybridized carbons (Fsp3) is 0.625. The van der Waals surface area contributed by atoms with Crippen molar-refractivity contribution in [2.75, 3.05) is 37.6 Å². The summed E-state index contributed by atoms with van der Waals surface area (Å²) in [4.78, 5) is 30.5. The predicted molar refractivity (Wildman–Crippen MR) is 126 cm³/mol. The lowest BCUT2D eigenvalue weighted by Gasteiger charge is -2.24. The minimum atomic E-state index is -0.510. The molecule has 180 valence electrons. The molecule has 4 rings (SSSR count). The molecule has 4 heterocycles. The highest BCUT2D eigenvalue weighted by Gasteiger charge is 2.29. The number of ether oxygens (including phenoxy) is 3. The van der Waals surface area contributed by atoms with E-state index in [1.54, 1.807) is 6.20 Å². The van der Waals surface area contributed by atoms with Crippen molar-refractivity contribution in [2.45, 2.75) is 64.6 Å². The number of carbonyl (C=O) groups is 2. The maximum Gasteiger partial charge on any atom is 0.356 e. The molecule has 2 N–H and O–H groups in total. The van der Waals surface area contributed by atoms with Gasteiger partial charge >= 0.3 is 5.97 Å². The zero-order valence-electron chi connectivity index (χ0n) is 19.7. The quantitative estimate of drug-likeness (QED) is 0.583. The van der Waals surface area contributed by atoms with E-state index in [2.05, 4.69) is 10.6 Å². The number of hydrogen-bond donors (Lipinski definition) is 2. The second-order valence-electron chi connectivity index (χ2n) is 8.89. The second kappa shape index (κ2) is 10.5. The molecule has 2 saturated heterocycles. The summed E-state index contributed by atoms with van der Waals surface area (Å²) >= 11 is 0. The van der Waals surface area contributed by atoms with Crippen LogP contribution in [0.3, 0.4) is 0 Å². The number of hydrogen-bond acceptors (Lipinski definition) is 7. The Balaban J connectivity index is 1.79. The molecule has 1 amide bonds. The van der Waals surface area contributed by atoms with Crippen LogP contribution >= 0.6 is 0 Å². The SMILES string of the molecule is CC[C@@H](C)C(=O)Nc1c(C(=O)OC)n(C[C@@H]2CCCO2)c2ncc(NC3CCOCC3)cc12. The van der Waals surface area contributed by atoms with Crippen LogP contribution in [0.1, 0.15) is 56.4 Å². The summed E-state index contributed by atoms with van der Waals surface area (Å²) < 4.78 is 18.2. The van der Waals surface area contributed by atoms with Crippen LogP contribution in [0.5, 0.6) is 0 Å². The van der Waals surface area contributed by atoms with Crippen molar-refractivity contribution in [3.8, 4) is 0 Å². The first-order chi connectivity index (χ1) is 16.0. The lowest BCUT2D eigenvalue weighted by molar-refractivity contribution is -0.119. The molecule has 2 aliphatic heterocycles. The molecule has 2 fully saturated rings. The molecule has 2 aliphatic rings. The average Bonchev–Trinajstić information content (AvgIpc) is 3.45. The van der Waals surface area contributed by atoms with Crippen LogP contribution in [-0.4, -0.2) is 60.5 Å². The lowest BCUT2D eigenvalue weighted by Crippen LogP contribution is -2.27. The number of rotatable bonds is 8. The highest BCUT2D eigenvalue weighted by Crippen LogP contribution is 2.34. The molecule has 0 radical (unpaired) electrons. The first-order valence-corrected chi connectivity index (χ1v) is 11.9. The van der Waals surface area contributed by atoms with Gasteiger partial charge < -0.3 is 29.4 Å². The first-order valence-electron chi connectivity index (χ1n) is 11.9. The van der Waals surface area contributed by atoms with Gasteiger partial charge in [-0.2, -0.15) is 0 Å². The zero-order valence-corrected chi connectivity index (χ0v) is 19.7. The van der Waals surface area contributed by atoms with E-state index < -0.39 is 5.97 Å². The fourth-order valence-corrected chi connectivity index (χ4v) is 4.42. The topological polar surface area (TPSA) is 104 Å². The van der Waals surface area contributed by atoms with Crippen molar-refractivity contribution in [1.82, 2.24) is 9.55 Å². The van der Waals surface area contributed by atoms with E-state index in [1.165, 1.54) is 7.11 Å². The van der Waals surface area contributed by atoms with E-state index >= 15 is 0 Å². The second-order valence-corrected chi connectivity index (χ2v) is 8.89. The van der Waals surface area contributed by atoms with Gasteiger partial charge in [0.1, 0.15) is 5.65 Å². The number of methoxy groups -OCH3 is 1. The maximum atomic E-state index is 12.9. The van der Waals surface area contributed by atoms with Gasteiger partial charge in [0, 0.05) is 37.2 Å². The maximum absolute atomic E-state index is 12.9. The van der Waals surface area contributed by atoms with Gasteiger partial charge in [-0.15, -0.1) is 0 Å². The number of nitrogens with one attached hydrogen (secondary N) is 2. The number of anilines is 2. The Labute approximate surface area is 194 Å². The van der Waals surface area contributed by atoms with E-state index in [1.807, 2.05) is 24.5 Å². The molecule has 0 bridgehead atoms. The Hall–Kier alpha value is -2.65. The minimum Gasteiger partial charge on any atom is -0.464 e. The standard InChI is InChI=1S/C24H34N4O5/c1-4-15(2)23(29)27-20-19-12-17(26-16-7-10-32-11-8-16)13-25-22(19)28(21(20)24(30)31-3)14-18-6-5-9-33-18/h12-13,15-16,18,26H,4-11,14H2,1-3H3,(H,27,29)/t15-,18+/m1/s1. The van der Waals surface area contributed by atoms with E-state index in [0.29, 0.717) is 48.0 Å². The third kappa shape index (κ3) is 5.14. The molecule has 0 aliphatic carbocycles. The van der Waals surface area contributed by atoms with Crippen LogP contribution in [0.2, 0.25) is 0 Å². The summed E-state index contributed by atoms with van der Waals surface area (Å²) in [5.74, 6) is -0.838. The van der Waals surface area contributed by atoms with Crippen molar-refractivity contribution < 1.29 is 23.8 Å². The monoisotopic (exact) mass is 458 g/mol. The number of carbonyl (C=O) groups excluding carboxylic acids is 2. The molecule has 9 heteroatoms. The van der Waals surface area contributed by atoms with Crippen molar-refractivity contribution in [1.29, 1.82) is 0 Å². The Morgan fingerprint density at radius 3 is 2.73 bits per heavy atom. The zero-order chi connectivity index (χ0) is 23.4. The molecule has 9 nitrogen and oxygen atoms in total. The molecule has 0 unspecified atom stereocenters. The number of esters is 1. The molecular formula is C24H34N4O5. The van der Waals surface area contributed by atoms with Crippen molar-refractivity contribution in [2.24, 2.45) is 5.92 Å². The van der Waals surface area contributed by atoms with Crippen LogP contribution in [0.15, 0.2) is 12.3 Å². The van der Waals surface area contributed by atoms with Crippen molar-refractivity contribution >= 4 is 34.3 Å². The molecular weight excluding hydrogens is 424 g/mol. The Morgan fingerprint density at radius 2 is 2.06 bits per heavy atom. The molecule has 0 spiro atoms. The van der Waals surface area contributed by atoms with Gasteiger partial charge in [0.15, 0.2) is 5.69 Å². The van der Waals surface area contributed by atoms with E-state index in [-0.39, 0.29) is 17.9 Å². The van der Waals surface area contributed by atoms with E-state index in [0.717, 1.165) is 44.6 Å². The van der Waals surface area contributed by atoms with Crippen LogP contribution in [-0.2, 0) is 25.5 Å². The Bertz CT molecular complexity index is 992. The van der Waals surface area contributed by atoms with Gasteiger partial charge in [-0.1, -0.05) is 13.8 Å².